The molecule has 28 heavy (non-hydrogen) atoms. The Hall–Kier alpha value is -2.62. The van der Waals surface area contributed by atoms with E-state index in [0.29, 0.717) is 5.39 Å². The normalized spacial score (nSPS) is 13.1. The summed E-state index contributed by atoms with van der Waals surface area (Å²) >= 11 is 0. The maximum Gasteiger partial charge on any atom is 0.193 e. The quantitative estimate of drug-likeness (QED) is 0.439. The minimum Gasteiger partial charge on any atom is -0.358 e. The van der Waals surface area contributed by atoms with E-state index in [1.807, 2.05) is 0 Å². The third kappa shape index (κ3) is 2.74. The van der Waals surface area contributed by atoms with Gasteiger partial charge in [0.05, 0.1) is 21.9 Å². The molecule has 0 saturated carbocycles. The van der Waals surface area contributed by atoms with Crippen LogP contribution in [-0.4, -0.2) is 14.4 Å². The van der Waals surface area contributed by atoms with Crippen LogP contribution in [0.5, 0.6) is 0 Å². The average molecular weight is 376 g/mol. The van der Waals surface area contributed by atoms with Gasteiger partial charge in [-0.2, -0.15) is 0 Å². The summed E-state index contributed by atoms with van der Waals surface area (Å²) in [7, 11) is 0. The monoisotopic (exact) mass is 375 g/mol. The van der Waals surface area contributed by atoms with Gasteiger partial charge in [0.1, 0.15) is 0 Å². The molecule has 0 unspecified atom stereocenters. The van der Waals surface area contributed by atoms with Gasteiger partial charge in [0.2, 0.25) is 0 Å². The fraction of sp³-hybridized carbons (Fsp3) is 0.417. The van der Waals surface area contributed by atoms with E-state index in [1.54, 1.807) is 6.07 Å². The number of imidazole rings is 1. The molecule has 4 heteroatoms. The Bertz CT molecular complexity index is 1310. The second kappa shape index (κ2) is 5.69. The minimum atomic E-state index is -0.129. The maximum atomic E-state index is 13.2. The van der Waals surface area contributed by atoms with Gasteiger partial charge in [-0.15, -0.1) is 0 Å². The Morgan fingerprint density at radius 2 is 1.54 bits per heavy atom. The summed E-state index contributed by atoms with van der Waals surface area (Å²) in [5, 5.41) is 0.660. The van der Waals surface area contributed by atoms with Crippen LogP contribution < -0.4 is 5.43 Å². The van der Waals surface area contributed by atoms with Crippen molar-refractivity contribution in [3.05, 3.63) is 57.0 Å². The van der Waals surface area contributed by atoms with E-state index in [-0.39, 0.29) is 16.3 Å². The molecular weight excluding hydrogens is 346 g/mol. The molecule has 0 aliphatic rings. The first-order valence-corrected chi connectivity index (χ1v) is 9.88. The molecule has 146 valence electrons. The summed E-state index contributed by atoms with van der Waals surface area (Å²) in [4.78, 5) is 21.6. The molecule has 3 heterocycles. The molecule has 1 N–H and O–H groups in total. The number of H-pyrrole nitrogens is 1. The molecule has 0 aliphatic heterocycles. The second-order valence-electron chi connectivity index (χ2n) is 10.1. The second-order valence-corrected chi connectivity index (χ2v) is 10.1. The standard InChI is InChI=1S/C24H29N3O/c1-13-9-15-17(10-14(13)2)27-20(24(6,7)8)11-16-21(22(27)26-15)18(28)12-19(25-16)23(3,4)5/h9-12H,1-8H3,(H,25,28). The van der Waals surface area contributed by atoms with Crippen molar-refractivity contribution >= 4 is 27.6 Å². The number of aryl methyl sites for hydroxylation is 2. The molecule has 0 saturated heterocycles. The fourth-order valence-electron chi connectivity index (χ4n) is 3.82. The molecule has 4 rings (SSSR count). The van der Waals surface area contributed by atoms with Gasteiger partial charge < -0.3 is 4.98 Å². The van der Waals surface area contributed by atoms with Crippen molar-refractivity contribution in [2.75, 3.05) is 0 Å². The Balaban J connectivity index is 2.29. The van der Waals surface area contributed by atoms with Crippen LogP contribution in [0.1, 0.15) is 64.1 Å². The Morgan fingerprint density at radius 1 is 0.893 bits per heavy atom. The number of hydrogen-bond donors (Lipinski definition) is 1. The van der Waals surface area contributed by atoms with Crippen LogP contribution in [0.3, 0.4) is 0 Å². The number of hydrogen-bond acceptors (Lipinski definition) is 2. The molecule has 4 aromatic rings. The lowest BCUT2D eigenvalue weighted by atomic mass is 9.89. The van der Waals surface area contributed by atoms with Crippen LogP contribution in [0.2, 0.25) is 0 Å². The molecule has 0 fully saturated rings. The SMILES string of the molecule is Cc1cc2nc3c4c(=O)cc(C(C)(C)C)[nH]c4cc(C(C)(C)C)n3c2cc1C. The van der Waals surface area contributed by atoms with Crippen LogP contribution in [0, 0.1) is 13.8 Å². The highest BCUT2D eigenvalue weighted by Gasteiger charge is 2.24. The van der Waals surface area contributed by atoms with Gasteiger partial charge in [-0.05, 0) is 43.2 Å². The Morgan fingerprint density at radius 3 is 2.14 bits per heavy atom. The number of benzene rings is 1. The summed E-state index contributed by atoms with van der Waals surface area (Å²) in [6.07, 6.45) is 0. The smallest absolute Gasteiger partial charge is 0.193 e. The van der Waals surface area contributed by atoms with Gasteiger partial charge in [0.15, 0.2) is 11.1 Å². The van der Waals surface area contributed by atoms with Crippen LogP contribution in [0.4, 0.5) is 0 Å². The van der Waals surface area contributed by atoms with Gasteiger partial charge in [0, 0.05) is 28.3 Å². The molecule has 0 atom stereocenters. The van der Waals surface area contributed by atoms with E-state index in [2.05, 4.69) is 83.0 Å². The Kier molecular flexibility index (Phi) is 3.81. The van der Waals surface area contributed by atoms with Crippen molar-refractivity contribution in [2.24, 2.45) is 0 Å². The molecule has 0 radical (unpaired) electrons. The number of pyridine rings is 2. The Labute approximate surface area is 165 Å². The molecule has 3 aromatic heterocycles. The molecule has 0 aliphatic carbocycles. The zero-order valence-electron chi connectivity index (χ0n) is 18.1. The van der Waals surface area contributed by atoms with Crippen molar-refractivity contribution < 1.29 is 0 Å². The van der Waals surface area contributed by atoms with Crippen molar-refractivity contribution in [3.63, 3.8) is 0 Å². The van der Waals surface area contributed by atoms with Crippen molar-refractivity contribution in [2.45, 2.75) is 66.2 Å². The van der Waals surface area contributed by atoms with Crippen molar-refractivity contribution in [1.29, 1.82) is 0 Å². The molecule has 4 nitrogen and oxygen atoms in total. The van der Waals surface area contributed by atoms with Gasteiger partial charge >= 0.3 is 0 Å². The number of nitrogens with one attached hydrogen (secondary N) is 1. The first-order chi connectivity index (χ1) is 12.9. The fourth-order valence-corrected chi connectivity index (χ4v) is 3.82. The van der Waals surface area contributed by atoms with E-state index in [1.165, 1.54) is 11.1 Å². The summed E-state index contributed by atoms with van der Waals surface area (Å²) in [5.41, 5.74) is 7.90. The molecule has 1 aromatic carbocycles. The zero-order valence-corrected chi connectivity index (χ0v) is 18.1. The molecular formula is C24H29N3O. The predicted molar refractivity (Wildman–Crippen MR) is 118 cm³/mol. The molecule has 0 bridgehead atoms. The van der Waals surface area contributed by atoms with Gasteiger partial charge in [0.25, 0.3) is 0 Å². The average Bonchev–Trinajstić information content (AvgIpc) is 2.90. The van der Waals surface area contributed by atoms with E-state index < -0.39 is 0 Å². The largest absolute Gasteiger partial charge is 0.358 e. The first kappa shape index (κ1) is 18.7. The lowest BCUT2D eigenvalue weighted by Gasteiger charge is -2.23. The topological polar surface area (TPSA) is 50.2 Å². The summed E-state index contributed by atoms with van der Waals surface area (Å²) in [6, 6.07) is 8.17. The predicted octanol–water partition coefficient (Wildman–Crippen LogP) is 5.54. The van der Waals surface area contributed by atoms with E-state index in [4.69, 9.17) is 4.98 Å². The van der Waals surface area contributed by atoms with E-state index >= 15 is 0 Å². The van der Waals surface area contributed by atoms with Gasteiger partial charge in [-0.1, -0.05) is 41.5 Å². The highest BCUT2D eigenvalue weighted by molar-refractivity contribution is 5.97. The number of fused-ring (bicyclic) bond motifs is 5. The molecule has 0 amide bonds. The lowest BCUT2D eigenvalue weighted by Crippen LogP contribution is -2.21. The van der Waals surface area contributed by atoms with E-state index in [9.17, 15) is 4.79 Å². The summed E-state index contributed by atoms with van der Waals surface area (Å²) in [5.74, 6) is 0. The van der Waals surface area contributed by atoms with Gasteiger partial charge in [-0.25, -0.2) is 4.98 Å². The number of aromatic amines is 1. The van der Waals surface area contributed by atoms with E-state index in [0.717, 1.165) is 33.6 Å². The highest BCUT2D eigenvalue weighted by atomic mass is 16.1. The van der Waals surface area contributed by atoms with Crippen LogP contribution in [0.15, 0.2) is 29.1 Å². The van der Waals surface area contributed by atoms with Crippen LogP contribution >= 0.6 is 0 Å². The summed E-state index contributed by atoms with van der Waals surface area (Å²) in [6.45, 7) is 17.2. The third-order valence-corrected chi connectivity index (χ3v) is 5.65. The lowest BCUT2D eigenvalue weighted by molar-refractivity contribution is 0.562. The minimum absolute atomic E-state index is 0.0212. The highest BCUT2D eigenvalue weighted by Crippen LogP contribution is 2.32. The van der Waals surface area contributed by atoms with Crippen LogP contribution in [0.25, 0.3) is 27.6 Å². The third-order valence-electron chi connectivity index (χ3n) is 5.65. The first-order valence-electron chi connectivity index (χ1n) is 9.88. The summed E-state index contributed by atoms with van der Waals surface area (Å²) < 4.78 is 2.18. The number of aromatic nitrogens is 3. The van der Waals surface area contributed by atoms with Crippen molar-refractivity contribution in [1.82, 2.24) is 14.4 Å². The molecule has 0 spiro atoms. The zero-order chi connectivity index (χ0) is 20.6. The van der Waals surface area contributed by atoms with Crippen molar-refractivity contribution in [3.8, 4) is 0 Å². The maximum absolute atomic E-state index is 13.2. The number of rotatable bonds is 0. The number of nitrogens with zero attached hydrogens (tertiary/aromatic N) is 2. The van der Waals surface area contributed by atoms with Gasteiger partial charge in [-0.3, -0.25) is 9.20 Å². The van der Waals surface area contributed by atoms with Crippen LogP contribution in [-0.2, 0) is 10.8 Å².